The first-order chi connectivity index (χ1) is 9.24. The summed E-state index contributed by atoms with van der Waals surface area (Å²) in [6.07, 6.45) is 3.16. The molecule has 1 unspecified atom stereocenters. The van der Waals surface area contributed by atoms with Crippen LogP contribution in [-0.4, -0.2) is 53.9 Å². The van der Waals surface area contributed by atoms with Crippen molar-refractivity contribution in [2.45, 2.75) is 13.0 Å². The maximum absolute atomic E-state index is 12.4. The predicted octanol–water partition coefficient (Wildman–Crippen LogP) is -0.368. The first-order valence-electron chi connectivity index (χ1n) is 6.43. The van der Waals surface area contributed by atoms with Crippen molar-refractivity contribution in [2.24, 2.45) is 0 Å². The molecule has 19 heavy (non-hydrogen) atoms. The van der Waals surface area contributed by atoms with Crippen LogP contribution in [0.5, 0.6) is 0 Å². The molecule has 0 bridgehead atoms. The summed E-state index contributed by atoms with van der Waals surface area (Å²) in [5, 5.41) is 5.91. The Balaban J connectivity index is 2.15. The molecule has 6 nitrogen and oxygen atoms in total. The molecule has 0 saturated carbocycles. The van der Waals surface area contributed by atoms with Gasteiger partial charge in [0.15, 0.2) is 0 Å². The zero-order valence-corrected chi connectivity index (χ0v) is 10.9. The van der Waals surface area contributed by atoms with E-state index in [4.69, 9.17) is 0 Å². The molecule has 1 aromatic rings. The van der Waals surface area contributed by atoms with Crippen LogP contribution in [0.1, 0.15) is 17.3 Å². The van der Waals surface area contributed by atoms with Crippen LogP contribution in [0.15, 0.2) is 24.5 Å². The summed E-state index contributed by atoms with van der Waals surface area (Å²) in [6.45, 7) is 4.15. The van der Waals surface area contributed by atoms with Crippen LogP contribution in [0.3, 0.4) is 0 Å². The number of nitrogens with one attached hydrogen (secondary N) is 2. The minimum atomic E-state index is -0.450. The van der Waals surface area contributed by atoms with Gasteiger partial charge in [-0.2, -0.15) is 0 Å². The topological polar surface area (TPSA) is 74.3 Å². The van der Waals surface area contributed by atoms with Gasteiger partial charge in [-0.15, -0.1) is 0 Å². The molecule has 102 valence electrons. The van der Waals surface area contributed by atoms with Crippen LogP contribution in [0.4, 0.5) is 0 Å². The van der Waals surface area contributed by atoms with E-state index in [0.29, 0.717) is 31.7 Å². The highest BCUT2D eigenvalue weighted by Crippen LogP contribution is 2.10. The zero-order valence-electron chi connectivity index (χ0n) is 10.9. The summed E-state index contributed by atoms with van der Waals surface area (Å²) in [7, 11) is 0. The quantitative estimate of drug-likeness (QED) is 0.779. The van der Waals surface area contributed by atoms with Crippen LogP contribution in [0, 0.1) is 0 Å². The van der Waals surface area contributed by atoms with Gasteiger partial charge in [-0.05, 0) is 19.1 Å². The maximum Gasteiger partial charge on any atom is 0.254 e. The van der Waals surface area contributed by atoms with E-state index in [9.17, 15) is 9.59 Å². The van der Waals surface area contributed by atoms with E-state index in [2.05, 4.69) is 15.6 Å². The smallest absolute Gasteiger partial charge is 0.254 e. The third kappa shape index (κ3) is 3.08. The van der Waals surface area contributed by atoms with Gasteiger partial charge in [0, 0.05) is 44.1 Å². The lowest BCUT2D eigenvalue weighted by molar-refractivity contribution is -0.126. The lowest BCUT2D eigenvalue weighted by atomic mass is 10.1. The lowest BCUT2D eigenvalue weighted by Crippen LogP contribution is -2.59. The van der Waals surface area contributed by atoms with Crippen molar-refractivity contribution in [3.8, 4) is 0 Å². The molecule has 0 radical (unpaired) electrons. The van der Waals surface area contributed by atoms with Crippen molar-refractivity contribution in [1.82, 2.24) is 20.5 Å². The van der Waals surface area contributed by atoms with E-state index in [1.807, 2.05) is 6.92 Å². The molecule has 0 aromatic carbocycles. The van der Waals surface area contributed by atoms with Gasteiger partial charge in [-0.1, -0.05) is 0 Å². The average molecular weight is 262 g/mol. The summed E-state index contributed by atoms with van der Waals surface area (Å²) >= 11 is 0. The van der Waals surface area contributed by atoms with Crippen molar-refractivity contribution >= 4 is 11.8 Å². The Bertz CT molecular complexity index is 449. The zero-order chi connectivity index (χ0) is 13.7. The number of rotatable bonds is 3. The molecule has 1 aliphatic rings. The fourth-order valence-corrected chi connectivity index (χ4v) is 2.13. The van der Waals surface area contributed by atoms with Gasteiger partial charge in [0.2, 0.25) is 5.91 Å². The summed E-state index contributed by atoms with van der Waals surface area (Å²) in [5.41, 5.74) is 0.561. The summed E-state index contributed by atoms with van der Waals surface area (Å²) < 4.78 is 0. The van der Waals surface area contributed by atoms with Crippen molar-refractivity contribution in [2.75, 3.05) is 26.2 Å². The van der Waals surface area contributed by atoms with E-state index >= 15 is 0 Å². The van der Waals surface area contributed by atoms with Crippen LogP contribution < -0.4 is 10.6 Å². The highest BCUT2D eigenvalue weighted by Gasteiger charge is 2.32. The number of carbonyl (C=O) groups is 2. The van der Waals surface area contributed by atoms with Crippen LogP contribution in [0.25, 0.3) is 0 Å². The Labute approximate surface area is 112 Å². The first kappa shape index (κ1) is 13.5. The van der Waals surface area contributed by atoms with E-state index in [0.717, 1.165) is 0 Å². The fraction of sp³-hybridized carbons (Fsp3) is 0.462. The third-order valence-electron chi connectivity index (χ3n) is 3.09. The molecule has 2 N–H and O–H groups in total. The summed E-state index contributed by atoms with van der Waals surface area (Å²) in [4.78, 5) is 29.9. The number of hydrogen-bond acceptors (Lipinski definition) is 4. The number of likely N-dealkylation sites (N-methyl/N-ethyl adjacent to an activating group) is 1. The minimum Gasteiger partial charge on any atom is -0.355 e. The van der Waals surface area contributed by atoms with E-state index in [1.165, 1.54) is 0 Å². The number of pyridine rings is 1. The van der Waals surface area contributed by atoms with E-state index in [-0.39, 0.29) is 11.8 Å². The van der Waals surface area contributed by atoms with Gasteiger partial charge in [0.05, 0.1) is 0 Å². The highest BCUT2D eigenvalue weighted by atomic mass is 16.2. The molecule has 0 spiro atoms. The molecule has 1 aromatic heterocycles. The maximum atomic E-state index is 12.4. The number of hydrogen-bond donors (Lipinski definition) is 2. The van der Waals surface area contributed by atoms with E-state index < -0.39 is 6.04 Å². The predicted molar refractivity (Wildman–Crippen MR) is 70.6 cm³/mol. The summed E-state index contributed by atoms with van der Waals surface area (Å²) in [5.74, 6) is -0.239. The monoisotopic (exact) mass is 262 g/mol. The Morgan fingerprint density at radius 1 is 1.47 bits per heavy atom. The van der Waals surface area contributed by atoms with Crippen LogP contribution in [-0.2, 0) is 4.79 Å². The van der Waals surface area contributed by atoms with Gasteiger partial charge < -0.3 is 15.5 Å². The molecule has 2 heterocycles. The highest BCUT2D eigenvalue weighted by molar-refractivity contribution is 5.97. The second kappa shape index (κ2) is 6.29. The number of carbonyl (C=O) groups excluding carboxylic acids is 2. The standard InChI is InChI=1S/C13H18N4O2/c1-2-16-12(18)11-9-15-7-8-17(11)13(19)10-3-5-14-6-4-10/h3-6,11,15H,2,7-9H2,1H3,(H,16,18). The fourth-order valence-electron chi connectivity index (χ4n) is 2.13. The number of piperazine rings is 1. The SMILES string of the molecule is CCNC(=O)C1CNCCN1C(=O)c1ccncc1. The normalized spacial score (nSPS) is 19.0. The third-order valence-corrected chi connectivity index (χ3v) is 3.09. The molecule has 1 aliphatic heterocycles. The Morgan fingerprint density at radius 2 is 2.21 bits per heavy atom. The molecule has 0 aliphatic carbocycles. The summed E-state index contributed by atoms with van der Waals surface area (Å²) in [6, 6.07) is 2.88. The van der Waals surface area contributed by atoms with Gasteiger partial charge in [0.25, 0.3) is 5.91 Å². The Morgan fingerprint density at radius 3 is 2.89 bits per heavy atom. The van der Waals surface area contributed by atoms with Crippen molar-refractivity contribution < 1.29 is 9.59 Å². The molecule has 2 rings (SSSR count). The van der Waals surface area contributed by atoms with Gasteiger partial charge in [0.1, 0.15) is 6.04 Å². The average Bonchev–Trinajstić information content (AvgIpc) is 2.47. The molecule has 2 amide bonds. The first-order valence-corrected chi connectivity index (χ1v) is 6.43. The number of amides is 2. The molecule has 1 fully saturated rings. The molecule has 6 heteroatoms. The molecule has 1 atom stereocenters. The van der Waals surface area contributed by atoms with Crippen molar-refractivity contribution in [3.05, 3.63) is 30.1 Å². The lowest BCUT2D eigenvalue weighted by Gasteiger charge is -2.35. The Hall–Kier alpha value is -1.95. The number of nitrogens with zero attached hydrogens (tertiary/aromatic N) is 2. The second-order valence-electron chi connectivity index (χ2n) is 4.35. The molecular weight excluding hydrogens is 244 g/mol. The van der Waals surface area contributed by atoms with Gasteiger partial charge in [-0.3, -0.25) is 14.6 Å². The Kier molecular flexibility index (Phi) is 4.46. The number of aromatic nitrogens is 1. The van der Waals surface area contributed by atoms with Crippen LogP contribution >= 0.6 is 0 Å². The molecule has 1 saturated heterocycles. The second-order valence-corrected chi connectivity index (χ2v) is 4.35. The van der Waals surface area contributed by atoms with Crippen molar-refractivity contribution in [1.29, 1.82) is 0 Å². The van der Waals surface area contributed by atoms with Gasteiger partial charge >= 0.3 is 0 Å². The van der Waals surface area contributed by atoms with Crippen LogP contribution in [0.2, 0.25) is 0 Å². The van der Waals surface area contributed by atoms with E-state index in [1.54, 1.807) is 29.4 Å². The minimum absolute atomic E-state index is 0.114. The van der Waals surface area contributed by atoms with Crippen molar-refractivity contribution in [3.63, 3.8) is 0 Å². The largest absolute Gasteiger partial charge is 0.355 e. The molecular formula is C13H18N4O2. The van der Waals surface area contributed by atoms with Gasteiger partial charge in [-0.25, -0.2) is 0 Å².